The Balaban J connectivity index is 2.13. The number of nitrogens with one attached hydrogen (secondary N) is 1. The summed E-state index contributed by atoms with van der Waals surface area (Å²) in [7, 11) is 0. The van der Waals surface area contributed by atoms with Crippen LogP contribution in [0.4, 0.5) is 5.82 Å². The molecule has 1 aromatic heterocycles. The summed E-state index contributed by atoms with van der Waals surface area (Å²) in [5.41, 5.74) is 3.58. The van der Waals surface area contributed by atoms with Gasteiger partial charge >= 0.3 is 0 Å². The topological polar surface area (TPSA) is 60.2 Å². The maximum atomic E-state index is 5.61. The van der Waals surface area contributed by atoms with Gasteiger partial charge in [-0.25, -0.2) is 10.8 Å². The minimum Gasteiger partial charge on any atom is -0.377 e. The molecule has 1 aromatic rings. The van der Waals surface area contributed by atoms with Crippen LogP contribution in [0.3, 0.4) is 0 Å². The van der Waals surface area contributed by atoms with Crippen LogP contribution in [0.1, 0.15) is 44.6 Å². The van der Waals surface area contributed by atoms with E-state index in [0.717, 1.165) is 18.6 Å². The number of unbranched alkanes of at least 4 members (excludes halogenated alkanes) is 4. The first kappa shape index (κ1) is 13.9. The molecule has 1 heterocycles. The van der Waals surface area contributed by atoms with Gasteiger partial charge in [0.15, 0.2) is 0 Å². The standard InChI is InChI=1S/C13H23N3O/c1-2-3-4-5-6-10-17-11-12-8-7-9-15-13(12)16-14/h7-9H,2-6,10-11,14H2,1H3,(H,15,16). The second-order valence-electron chi connectivity index (χ2n) is 4.12. The Morgan fingerprint density at radius 3 is 2.88 bits per heavy atom. The van der Waals surface area contributed by atoms with Crippen LogP contribution in [0.25, 0.3) is 0 Å². The van der Waals surface area contributed by atoms with Gasteiger partial charge in [-0.1, -0.05) is 38.7 Å². The van der Waals surface area contributed by atoms with Crippen LogP contribution in [-0.4, -0.2) is 11.6 Å². The van der Waals surface area contributed by atoms with E-state index in [9.17, 15) is 0 Å². The van der Waals surface area contributed by atoms with E-state index in [1.165, 1.54) is 25.7 Å². The summed E-state index contributed by atoms with van der Waals surface area (Å²) in [6.45, 7) is 3.60. The fraction of sp³-hybridized carbons (Fsp3) is 0.615. The molecule has 4 heteroatoms. The summed E-state index contributed by atoms with van der Waals surface area (Å²) in [5.74, 6) is 6.06. The lowest BCUT2D eigenvalue weighted by Crippen LogP contribution is -2.11. The number of nitrogens with two attached hydrogens (primary N) is 1. The molecule has 0 saturated heterocycles. The number of nitrogens with zero attached hydrogens (tertiary/aromatic N) is 1. The number of pyridine rings is 1. The molecule has 17 heavy (non-hydrogen) atoms. The third-order valence-corrected chi connectivity index (χ3v) is 2.68. The smallest absolute Gasteiger partial charge is 0.145 e. The van der Waals surface area contributed by atoms with Crippen LogP contribution in [-0.2, 0) is 11.3 Å². The van der Waals surface area contributed by atoms with Gasteiger partial charge in [0.2, 0.25) is 0 Å². The van der Waals surface area contributed by atoms with Crippen molar-refractivity contribution in [2.45, 2.75) is 45.6 Å². The highest BCUT2D eigenvalue weighted by Crippen LogP contribution is 2.11. The van der Waals surface area contributed by atoms with Crippen molar-refractivity contribution in [3.05, 3.63) is 23.9 Å². The summed E-state index contributed by atoms with van der Waals surface area (Å²) < 4.78 is 5.61. The van der Waals surface area contributed by atoms with Crippen molar-refractivity contribution < 1.29 is 4.74 Å². The van der Waals surface area contributed by atoms with Gasteiger partial charge in [-0.05, 0) is 12.5 Å². The van der Waals surface area contributed by atoms with Gasteiger partial charge in [0.05, 0.1) is 6.61 Å². The maximum absolute atomic E-state index is 5.61. The highest BCUT2D eigenvalue weighted by molar-refractivity contribution is 5.41. The van der Waals surface area contributed by atoms with Crippen LogP contribution in [0, 0.1) is 0 Å². The van der Waals surface area contributed by atoms with Gasteiger partial charge in [-0.3, -0.25) is 0 Å². The van der Waals surface area contributed by atoms with E-state index in [-0.39, 0.29) is 0 Å². The van der Waals surface area contributed by atoms with Crippen LogP contribution in [0.2, 0.25) is 0 Å². The average Bonchev–Trinajstić information content (AvgIpc) is 2.38. The molecule has 0 aliphatic heterocycles. The van der Waals surface area contributed by atoms with E-state index in [0.29, 0.717) is 12.4 Å². The normalized spacial score (nSPS) is 10.5. The lowest BCUT2D eigenvalue weighted by Gasteiger charge is -2.08. The molecular weight excluding hydrogens is 214 g/mol. The van der Waals surface area contributed by atoms with Crippen molar-refractivity contribution >= 4 is 5.82 Å². The Bertz CT molecular complexity index is 304. The monoisotopic (exact) mass is 237 g/mol. The van der Waals surface area contributed by atoms with Crippen molar-refractivity contribution in [1.82, 2.24) is 4.98 Å². The molecule has 0 atom stereocenters. The van der Waals surface area contributed by atoms with Crippen LogP contribution in [0.15, 0.2) is 18.3 Å². The molecular formula is C13H23N3O. The van der Waals surface area contributed by atoms with Gasteiger partial charge < -0.3 is 10.2 Å². The van der Waals surface area contributed by atoms with Gasteiger partial charge in [0, 0.05) is 18.4 Å². The number of hydrazine groups is 1. The van der Waals surface area contributed by atoms with Gasteiger partial charge in [0.25, 0.3) is 0 Å². The first-order valence-electron chi connectivity index (χ1n) is 6.36. The van der Waals surface area contributed by atoms with Crippen LogP contribution < -0.4 is 11.3 Å². The van der Waals surface area contributed by atoms with E-state index >= 15 is 0 Å². The Kier molecular flexibility index (Phi) is 7.34. The fourth-order valence-corrected chi connectivity index (χ4v) is 1.67. The Morgan fingerprint density at radius 1 is 1.29 bits per heavy atom. The van der Waals surface area contributed by atoms with Gasteiger partial charge in [-0.2, -0.15) is 0 Å². The van der Waals surface area contributed by atoms with E-state index < -0.39 is 0 Å². The average molecular weight is 237 g/mol. The minimum atomic E-state index is 0.571. The molecule has 96 valence electrons. The largest absolute Gasteiger partial charge is 0.377 e. The Morgan fingerprint density at radius 2 is 2.12 bits per heavy atom. The molecule has 0 radical (unpaired) electrons. The van der Waals surface area contributed by atoms with Gasteiger partial charge in [0.1, 0.15) is 5.82 Å². The SMILES string of the molecule is CCCCCCCOCc1cccnc1NN. The summed E-state index contributed by atoms with van der Waals surface area (Å²) in [5, 5.41) is 0. The quantitative estimate of drug-likeness (QED) is 0.394. The molecule has 4 nitrogen and oxygen atoms in total. The molecule has 0 saturated carbocycles. The van der Waals surface area contributed by atoms with Crippen molar-refractivity contribution in [1.29, 1.82) is 0 Å². The Labute approximate surface area is 104 Å². The Hall–Kier alpha value is -1.13. The van der Waals surface area contributed by atoms with Crippen molar-refractivity contribution in [3.8, 4) is 0 Å². The lowest BCUT2D eigenvalue weighted by atomic mass is 10.2. The zero-order chi connectivity index (χ0) is 12.3. The second-order valence-corrected chi connectivity index (χ2v) is 4.12. The van der Waals surface area contributed by atoms with Crippen LogP contribution in [0.5, 0.6) is 0 Å². The molecule has 0 aliphatic carbocycles. The molecule has 0 fully saturated rings. The van der Waals surface area contributed by atoms with Gasteiger partial charge in [-0.15, -0.1) is 0 Å². The zero-order valence-corrected chi connectivity index (χ0v) is 10.6. The predicted octanol–water partition coefficient (Wildman–Crippen LogP) is 2.85. The number of anilines is 1. The van der Waals surface area contributed by atoms with Crippen molar-refractivity contribution in [2.24, 2.45) is 5.84 Å². The molecule has 3 N–H and O–H groups in total. The minimum absolute atomic E-state index is 0.571. The fourth-order valence-electron chi connectivity index (χ4n) is 1.67. The number of ether oxygens (including phenoxy) is 1. The number of hydrogen-bond acceptors (Lipinski definition) is 4. The van der Waals surface area contributed by atoms with E-state index in [4.69, 9.17) is 10.6 Å². The highest BCUT2D eigenvalue weighted by Gasteiger charge is 2.00. The molecule has 0 spiro atoms. The van der Waals surface area contributed by atoms with Crippen molar-refractivity contribution in [3.63, 3.8) is 0 Å². The van der Waals surface area contributed by atoms with Crippen molar-refractivity contribution in [2.75, 3.05) is 12.0 Å². The molecule has 0 bridgehead atoms. The van der Waals surface area contributed by atoms with E-state index in [1.807, 2.05) is 12.1 Å². The number of rotatable bonds is 9. The van der Waals surface area contributed by atoms with Crippen LogP contribution >= 0.6 is 0 Å². The molecule has 0 aliphatic rings. The summed E-state index contributed by atoms with van der Waals surface area (Å²) in [4.78, 5) is 4.12. The number of hydrogen-bond donors (Lipinski definition) is 2. The number of aromatic nitrogens is 1. The zero-order valence-electron chi connectivity index (χ0n) is 10.6. The highest BCUT2D eigenvalue weighted by atomic mass is 16.5. The lowest BCUT2D eigenvalue weighted by molar-refractivity contribution is 0.117. The first-order valence-corrected chi connectivity index (χ1v) is 6.36. The predicted molar refractivity (Wildman–Crippen MR) is 70.5 cm³/mol. The summed E-state index contributed by atoms with van der Waals surface area (Å²) in [6, 6.07) is 3.86. The summed E-state index contributed by atoms with van der Waals surface area (Å²) in [6.07, 6.45) is 8.01. The molecule has 0 unspecified atom stereocenters. The van der Waals surface area contributed by atoms with E-state index in [2.05, 4.69) is 17.3 Å². The maximum Gasteiger partial charge on any atom is 0.145 e. The third kappa shape index (κ3) is 5.65. The molecule has 1 rings (SSSR count). The first-order chi connectivity index (χ1) is 8.38. The second kappa shape index (κ2) is 8.96. The summed E-state index contributed by atoms with van der Waals surface area (Å²) >= 11 is 0. The van der Waals surface area contributed by atoms with E-state index in [1.54, 1.807) is 6.20 Å². The number of nitrogen functional groups attached to an aromatic ring is 1. The molecule has 0 amide bonds. The molecule has 0 aromatic carbocycles. The third-order valence-electron chi connectivity index (χ3n) is 2.68.